The molecule has 3 aromatic heterocycles. The Morgan fingerprint density at radius 2 is 1.68 bits per heavy atom. The Morgan fingerprint density at radius 1 is 0.960 bits per heavy atom. The second kappa shape index (κ2) is 7.44. The van der Waals surface area contributed by atoms with Gasteiger partial charge in [-0.15, -0.1) is 22.7 Å². The van der Waals surface area contributed by atoms with E-state index >= 15 is 0 Å². The first-order valence-electron chi connectivity index (χ1n) is 8.34. The lowest BCUT2D eigenvalue weighted by molar-refractivity contribution is 0.265. The van der Waals surface area contributed by atoms with Crippen LogP contribution in [0.2, 0.25) is 0 Å². The minimum Gasteiger partial charge on any atom is -0.508 e. The predicted molar refractivity (Wildman–Crippen MR) is 106 cm³/mol. The van der Waals surface area contributed by atoms with Crippen LogP contribution in [0.1, 0.15) is 15.3 Å². The molecule has 128 valence electrons. The fourth-order valence-electron chi connectivity index (χ4n) is 3.11. The van der Waals surface area contributed by atoms with Gasteiger partial charge >= 0.3 is 0 Å². The Labute approximate surface area is 155 Å². The van der Waals surface area contributed by atoms with Crippen LogP contribution in [0.3, 0.4) is 0 Å². The zero-order chi connectivity index (χ0) is 17.1. The number of aromatic nitrogens is 1. The highest BCUT2D eigenvalue weighted by atomic mass is 32.1. The molecule has 0 spiro atoms. The number of aromatic hydroxyl groups is 1. The first-order valence-corrected chi connectivity index (χ1v) is 10.1. The molecule has 5 heteroatoms. The zero-order valence-electron chi connectivity index (χ0n) is 13.8. The summed E-state index contributed by atoms with van der Waals surface area (Å²) >= 11 is 3.63. The van der Waals surface area contributed by atoms with E-state index in [0.29, 0.717) is 5.75 Å². The number of aromatic amines is 1. The van der Waals surface area contributed by atoms with Gasteiger partial charge < -0.3 is 10.1 Å². The number of rotatable bonds is 7. The molecule has 3 heterocycles. The van der Waals surface area contributed by atoms with Gasteiger partial charge in [-0.25, -0.2) is 0 Å². The van der Waals surface area contributed by atoms with Crippen molar-refractivity contribution in [2.45, 2.75) is 19.5 Å². The SMILES string of the molecule is Oc1ccc2[nH]cc(CCN(Cc3cccs3)Cc3cccs3)c2c1. The Balaban J connectivity index is 1.50. The summed E-state index contributed by atoms with van der Waals surface area (Å²) in [6, 6.07) is 14.2. The van der Waals surface area contributed by atoms with Crippen molar-refractivity contribution in [3.05, 3.63) is 74.7 Å². The molecule has 0 aliphatic heterocycles. The lowest BCUT2D eigenvalue weighted by atomic mass is 10.1. The van der Waals surface area contributed by atoms with Gasteiger partial charge in [-0.3, -0.25) is 4.90 Å². The molecule has 0 fully saturated rings. The summed E-state index contributed by atoms with van der Waals surface area (Å²) in [6.07, 6.45) is 3.03. The summed E-state index contributed by atoms with van der Waals surface area (Å²) in [5.41, 5.74) is 2.34. The number of benzene rings is 1. The maximum absolute atomic E-state index is 9.77. The van der Waals surface area contributed by atoms with Crippen LogP contribution in [0.5, 0.6) is 5.75 Å². The third-order valence-corrected chi connectivity index (χ3v) is 6.09. The first-order chi connectivity index (χ1) is 12.3. The van der Waals surface area contributed by atoms with Crippen molar-refractivity contribution in [3.8, 4) is 5.75 Å². The van der Waals surface area contributed by atoms with Crippen LogP contribution in [0.4, 0.5) is 0 Å². The fourth-order valence-corrected chi connectivity index (χ4v) is 4.60. The lowest BCUT2D eigenvalue weighted by Crippen LogP contribution is -2.24. The van der Waals surface area contributed by atoms with E-state index < -0.39 is 0 Å². The monoisotopic (exact) mass is 368 g/mol. The number of thiophene rings is 2. The summed E-state index contributed by atoms with van der Waals surface area (Å²) in [5.74, 6) is 0.322. The van der Waals surface area contributed by atoms with Crippen molar-refractivity contribution < 1.29 is 5.11 Å². The summed E-state index contributed by atoms with van der Waals surface area (Å²) < 4.78 is 0. The van der Waals surface area contributed by atoms with Gasteiger partial charge in [-0.2, -0.15) is 0 Å². The van der Waals surface area contributed by atoms with E-state index in [0.717, 1.165) is 37.0 Å². The number of hydrogen-bond acceptors (Lipinski definition) is 4. The van der Waals surface area contributed by atoms with Crippen molar-refractivity contribution in [2.75, 3.05) is 6.54 Å². The standard InChI is InChI=1S/C20H20N2OS2/c23-16-5-6-20-19(11-16)15(12-21-20)7-8-22(13-17-3-1-9-24-17)14-18-4-2-10-25-18/h1-6,9-12,21,23H,7-8,13-14H2. The number of phenols is 1. The molecule has 0 saturated heterocycles. The molecular formula is C20H20N2OS2. The van der Waals surface area contributed by atoms with Gasteiger partial charge in [0.1, 0.15) is 5.75 Å². The van der Waals surface area contributed by atoms with Gasteiger partial charge in [-0.05, 0) is 53.1 Å². The summed E-state index contributed by atoms with van der Waals surface area (Å²) in [7, 11) is 0. The van der Waals surface area contributed by atoms with Crippen molar-refractivity contribution in [1.82, 2.24) is 9.88 Å². The Bertz CT molecular complexity index is 890. The number of fused-ring (bicyclic) bond motifs is 1. The Kier molecular flexibility index (Phi) is 4.88. The van der Waals surface area contributed by atoms with Crippen molar-refractivity contribution >= 4 is 33.6 Å². The van der Waals surface area contributed by atoms with Crippen LogP contribution >= 0.6 is 22.7 Å². The van der Waals surface area contributed by atoms with E-state index in [9.17, 15) is 5.11 Å². The molecule has 0 unspecified atom stereocenters. The van der Waals surface area contributed by atoms with E-state index in [1.165, 1.54) is 15.3 Å². The van der Waals surface area contributed by atoms with Crippen molar-refractivity contribution in [3.63, 3.8) is 0 Å². The number of H-pyrrole nitrogens is 1. The second-order valence-electron chi connectivity index (χ2n) is 6.16. The molecule has 4 aromatic rings. The van der Waals surface area contributed by atoms with Crippen LogP contribution < -0.4 is 0 Å². The molecule has 0 bridgehead atoms. The van der Waals surface area contributed by atoms with E-state index in [4.69, 9.17) is 0 Å². The summed E-state index contributed by atoms with van der Waals surface area (Å²) in [5, 5.41) is 15.2. The van der Waals surface area contributed by atoms with Gasteiger partial charge in [0.05, 0.1) is 0 Å². The van der Waals surface area contributed by atoms with Crippen molar-refractivity contribution in [1.29, 1.82) is 0 Å². The molecule has 0 amide bonds. The summed E-state index contributed by atoms with van der Waals surface area (Å²) in [4.78, 5) is 8.60. The zero-order valence-corrected chi connectivity index (χ0v) is 15.4. The summed E-state index contributed by atoms with van der Waals surface area (Å²) in [6.45, 7) is 2.94. The Morgan fingerprint density at radius 3 is 2.32 bits per heavy atom. The van der Waals surface area contributed by atoms with Crippen LogP contribution in [-0.4, -0.2) is 21.5 Å². The predicted octanol–water partition coefficient (Wildman–Crippen LogP) is 5.24. The van der Waals surface area contributed by atoms with Crippen LogP contribution in [0.15, 0.2) is 59.4 Å². The van der Waals surface area contributed by atoms with E-state index in [-0.39, 0.29) is 0 Å². The van der Waals surface area contributed by atoms with Gasteiger partial charge in [-0.1, -0.05) is 12.1 Å². The number of nitrogens with zero attached hydrogens (tertiary/aromatic N) is 1. The molecule has 0 atom stereocenters. The molecule has 0 radical (unpaired) electrons. The fraction of sp³-hybridized carbons (Fsp3) is 0.200. The molecule has 25 heavy (non-hydrogen) atoms. The average molecular weight is 369 g/mol. The largest absolute Gasteiger partial charge is 0.508 e. The molecule has 2 N–H and O–H groups in total. The van der Waals surface area contributed by atoms with E-state index in [1.807, 2.05) is 34.8 Å². The normalized spacial score (nSPS) is 11.6. The lowest BCUT2D eigenvalue weighted by Gasteiger charge is -2.21. The molecule has 0 aliphatic carbocycles. The smallest absolute Gasteiger partial charge is 0.116 e. The highest BCUT2D eigenvalue weighted by Crippen LogP contribution is 2.24. The third-order valence-electron chi connectivity index (χ3n) is 4.37. The van der Waals surface area contributed by atoms with Crippen LogP contribution in [-0.2, 0) is 19.5 Å². The molecule has 0 saturated carbocycles. The van der Waals surface area contributed by atoms with Crippen LogP contribution in [0.25, 0.3) is 10.9 Å². The van der Waals surface area contributed by atoms with Crippen molar-refractivity contribution in [2.24, 2.45) is 0 Å². The van der Waals surface area contributed by atoms with E-state index in [1.54, 1.807) is 6.07 Å². The van der Waals surface area contributed by atoms with Crippen LogP contribution in [0, 0.1) is 0 Å². The highest BCUT2D eigenvalue weighted by Gasteiger charge is 2.11. The second-order valence-corrected chi connectivity index (χ2v) is 8.23. The molecule has 4 rings (SSSR count). The quantitative estimate of drug-likeness (QED) is 0.468. The Hall–Kier alpha value is -2.08. The number of nitrogens with one attached hydrogen (secondary N) is 1. The minimum atomic E-state index is 0.322. The first kappa shape index (κ1) is 16.4. The van der Waals surface area contributed by atoms with Gasteiger partial charge in [0, 0.05) is 46.5 Å². The van der Waals surface area contributed by atoms with Gasteiger partial charge in [0.15, 0.2) is 0 Å². The average Bonchev–Trinajstić information content (AvgIpc) is 3.35. The molecular weight excluding hydrogens is 348 g/mol. The maximum atomic E-state index is 9.77. The number of hydrogen-bond donors (Lipinski definition) is 2. The molecule has 3 nitrogen and oxygen atoms in total. The van der Waals surface area contributed by atoms with Gasteiger partial charge in [0.2, 0.25) is 0 Å². The molecule has 1 aromatic carbocycles. The minimum absolute atomic E-state index is 0.322. The molecule has 0 aliphatic rings. The van der Waals surface area contributed by atoms with Gasteiger partial charge in [0.25, 0.3) is 0 Å². The highest BCUT2D eigenvalue weighted by molar-refractivity contribution is 7.10. The number of phenolic OH excluding ortho intramolecular Hbond substituents is 1. The maximum Gasteiger partial charge on any atom is 0.116 e. The topological polar surface area (TPSA) is 39.3 Å². The van der Waals surface area contributed by atoms with E-state index in [2.05, 4.69) is 51.1 Å². The third kappa shape index (κ3) is 3.95.